The van der Waals surface area contributed by atoms with E-state index in [0.29, 0.717) is 27.6 Å². The first-order valence-electron chi connectivity index (χ1n) is 11.0. The van der Waals surface area contributed by atoms with E-state index in [1.54, 1.807) is 26.4 Å². The summed E-state index contributed by atoms with van der Waals surface area (Å²) in [5.41, 5.74) is 2.09. The Bertz CT molecular complexity index is 932. The van der Waals surface area contributed by atoms with Crippen molar-refractivity contribution in [1.82, 2.24) is 4.90 Å². The molecule has 1 aromatic heterocycles. The largest absolute Gasteiger partial charge is 0.493 e. The van der Waals surface area contributed by atoms with Crippen LogP contribution in [-0.2, 0) is 12.8 Å². The maximum absolute atomic E-state index is 13.3. The van der Waals surface area contributed by atoms with Gasteiger partial charge in [-0.05, 0) is 49.8 Å². The van der Waals surface area contributed by atoms with Crippen LogP contribution in [0.2, 0.25) is 0 Å². The van der Waals surface area contributed by atoms with Crippen molar-refractivity contribution in [2.45, 2.75) is 52.4 Å². The Morgan fingerprint density at radius 2 is 1.71 bits per heavy atom. The Hall–Kier alpha value is -2.54. The number of carbonyl (C=O) groups is 2. The zero-order chi connectivity index (χ0) is 22.4. The lowest BCUT2D eigenvalue weighted by Gasteiger charge is -2.28. The molecule has 2 amide bonds. The van der Waals surface area contributed by atoms with Crippen molar-refractivity contribution in [3.8, 4) is 11.5 Å². The number of hydrogen-bond acceptors (Lipinski definition) is 5. The molecule has 0 aliphatic carbocycles. The van der Waals surface area contributed by atoms with Crippen LogP contribution in [0, 0.1) is 0 Å². The molecular weight excluding hydrogens is 412 g/mol. The molecule has 0 unspecified atom stereocenters. The number of nitrogens with zero attached hydrogens (tertiary/aromatic N) is 1. The van der Waals surface area contributed by atoms with Crippen LogP contribution in [0.4, 0.5) is 5.69 Å². The average molecular weight is 445 g/mol. The molecule has 7 heteroatoms. The minimum absolute atomic E-state index is 0.0944. The summed E-state index contributed by atoms with van der Waals surface area (Å²) in [6, 6.07) is 5.31. The Morgan fingerprint density at radius 3 is 2.32 bits per heavy atom. The van der Waals surface area contributed by atoms with E-state index in [0.717, 1.165) is 51.6 Å². The average Bonchev–Trinajstić information content (AvgIpc) is 3.22. The van der Waals surface area contributed by atoms with Crippen molar-refractivity contribution >= 4 is 28.8 Å². The zero-order valence-corrected chi connectivity index (χ0v) is 19.7. The lowest BCUT2D eigenvalue weighted by molar-refractivity contribution is 0.0725. The van der Waals surface area contributed by atoms with E-state index < -0.39 is 0 Å². The fourth-order valence-corrected chi connectivity index (χ4v) is 5.18. The normalized spacial score (nSPS) is 13.7. The van der Waals surface area contributed by atoms with Crippen LogP contribution in [0.5, 0.6) is 11.5 Å². The van der Waals surface area contributed by atoms with Gasteiger partial charge in [-0.1, -0.05) is 20.3 Å². The van der Waals surface area contributed by atoms with E-state index in [2.05, 4.69) is 19.2 Å². The van der Waals surface area contributed by atoms with Gasteiger partial charge in [0, 0.05) is 24.0 Å². The summed E-state index contributed by atoms with van der Waals surface area (Å²) >= 11 is 1.53. The summed E-state index contributed by atoms with van der Waals surface area (Å²) < 4.78 is 10.8. The molecule has 0 spiro atoms. The van der Waals surface area contributed by atoms with Crippen LogP contribution in [0.3, 0.4) is 0 Å². The highest BCUT2D eigenvalue weighted by molar-refractivity contribution is 7.14. The number of nitrogens with one attached hydrogen (secondary N) is 1. The van der Waals surface area contributed by atoms with Gasteiger partial charge in [0.2, 0.25) is 0 Å². The number of anilines is 1. The van der Waals surface area contributed by atoms with Gasteiger partial charge in [0.25, 0.3) is 11.8 Å². The lowest BCUT2D eigenvalue weighted by Crippen LogP contribution is -2.36. The molecule has 168 valence electrons. The number of hydrogen-bond donors (Lipinski definition) is 1. The highest BCUT2D eigenvalue weighted by Crippen LogP contribution is 2.35. The van der Waals surface area contributed by atoms with Gasteiger partial charge in [-0.25, -0.2) is 0 Å². The van der Waals surface area contributed by atoms with Crippen LogP contribution >= 0.6 is 11.3 Å². The summed E-state index contributed by atoms with van der Waals surface area (Å²) in [7, 11) is 3.08. The smallest absolute Gasteiger partial charge is 0.265 e. The van der Waals surface area contributed by atoms with Gasteiger partial charge < -0.3 is 19.7 Å². The first-order valence-corrected chi connectivity index (χ1v) is 11.8. The molecule has 1 aromatic carbocycles. The molecule has 0 saturated carbocycles. The van der Waals surface area contributed by atoms with Crippen LogP contribution in [0.25, 0.3) is 0 Å². The van der Waals surface area contributed by atoms with Crippen LogP contribution in [-0.4, -0.2) is 44.0 Å². The quantitative estimate of drug-likeness (QED) is 0.611. The number of likely N-dealkylation sites (tertiary alicyclic amines) is 1. The molecular formula is C24H32N2O4S. The highest BCUT2D eigenvalue weighted by atomic mass is 32.1. The Balaban J connectivity index is 1.94. The Kier molecular flexibility index (Phi) is 7.96. The van der Waals surface area contributed by atoms with Gasteiger partial charge >= 0.3 is 0 Å². The van der Waals surface area contributed by atoms with E-state index >= 15 is 0 Å². The SMILES string of the molecule is CCCc1sc(C(=O)Nc2cc(OC)c(OC)cc2C(=O)N2CCCCC2)cc1CC. The molecule has 0 bridgehead atoms. The summed E-state index contributed by atoms with van der Waals surface area (Å²) in [5.74, 6) is 0.639. The topological polar surface area (TPSA) is 67.9 Å². The molecule has 0 radical (unpaired) electrons. The molecule has 1 fully saturated rings. The van der Waals surface area contributed by atoms with Gasteiger partial charge in [0.15, 0.2) is 11.5 Å². The molecule has 1 aliphatic heterocycles. The van der Waals surface area contributed by atoms with Gasteiger partial charge in [-0.15, -0.1) is 11.3 Å². The predicted octanol–water partition coefficient (Wildman–Crippen LogP) is 5.16. The number of ether oxygens (including phenoxy) is 2. The van der Waals surface area contributed by atoms with E-state index in [1.807, 2.05) is 11.0 Å². The number of benzene rings is 1. The second-order valence-electron chi connectivity index (χ2n) is 7.72. The van der Waals surface area contributed by atoms with E-state index in [-0.39, 0.29) is 11.8 Å². The van der Waals surface area contributed by atoms with Gasteiger partial charge in [0.1, 0.15) is 0 Å². The molecule has 31 heavy (non-hydrogen) atoms. The third kappa shape index (κ3) is 5.21. The number of piperidine rings is 1. The second kappa shape index (κ2) is 10.7. The number of methoxy groups -OCH3 is 2. The number of carbonyl (C=O) groups excluding carboxylic acids is 2. The second-order valence-corrected chi connectivity index (χ2v) is 8.86. The fourth-order valence-electron chi connectivity index (χ4n) is 3.93. The number of amides is 2. The van der Waals surface area contributed by atoms with Gasteiger partial charge in [-0.2, -0.15) is 0 Å². The molecule has 3 rings (SSSR count). The maximum atomic E-state index is 13.3. The van der Waals surface area contributed by atoms with E-state index in [9.17, 15) is 9.59 Å². The molecule has 1 saturated heterocycles. The van der Waals surface area contributed by atoms with E-state index in [1.165, 1.54) is 21.8 Å². The summed E-state index contributed by atoms with van der Waals surface area (Å²) in [4.78, 5) is 30.1. The van der Waals surface area contributed by atoms with Gasteiger partial charge in [0.05, 0.1) is 30.3 Å². The van der Waals surface area contributed by atoms with Crippen LogP contribution in [0.15, 0.2) is 18.2 Å². The molecule has 2 aromatic rings. The Labute approximate surface area is 188 Å². The van der Waals surface area contributed by atoms with Crippen molar-refractivity contribution in [3.63, 3.8) is 0 Å². The third-order valence-electron chi connectivity index (χ3n) is 5.62. The minimum atomic E-state index is -0.207. The van der Waals surface area contributed by atoms with Crippen molar-refractivity contribution in [1.29, 1.82) is 0 Å². The molecule has 6 nitrogen and oxygen atoms in total. The minimum Gasteiger partial charge on any atom is -0.493 e. The molecule has 1 aliphatic rings. The monoisotopic (exact) mass is 444 g/mol. The van der Waals surface area contributed by atoms with Crippen LogP contribution in [0.1, 0.15) is 70.0 Å². The zero-order valence-electron chi connectivity index (χ0n) is 18.9. The first-order chi connectivity index (χ1) is 15.0. The molecule has 2 heterocycles. The molecule has 1 N–H and O–H groups in total. The highest BCUT2D eigenvalue weighted by Gasteiger charge is 2.25. The number of rotatable bonds is 8. The Morgan fingerprint density at radius 1 is 1.03 bits per heavy atom. The van der Waals surface area contributed by atoms with E-state index in [4.69, 9.17) is 9.47 Å². The number of aryl methyl sites for hydroxylation is 2. The number of thiophene rings is 1. The van der Waals surface area contributed by atoms with Gasteiger partial charge in [-0.3, -0.25) is 9.59 Å². The summed E-state index contributed by atoms with van der Waals surface area (Å²) in [5, 5.41) is 2.97. The van der Waals surface area contributed by atoms with Crippen molar-refractivity contribution < 1.29 is 19.1 Å². The summed E-state index contributed by atoms with van der Waals surface area (Å²) in [6.45, 7) is 5.70. The maximum Gasteiger partial charge on any atom is 0.265 e. The predicted molar refractivity (Wildman–Crippen MR) is 125 cm³/mol. The standard InChI is InChI=1S/C24H32N2O4S/c1-5-10-21-16(6-2)13-22(31-21)23(27)25-18-15-20(30-4)19(29-3)14-17(18)24(28)26-11-8-7-9-12-26/h13-15H,5-12H2,1-4H3,(H,25,27). The third-order valence-corrected chi connectivity index (χ3v) is 6.86. The molecule has 0 atom stereocenters. The van der Waals surface area contributed by atoms with Crippen LogP contribution < -0.4 is 14.8 Å². The fraction of sp³-hybridized carbons (Fsp3) is 0.500. The van der Waals surface area contributed by atoms with Crippen molar-refractivity contribution in [2.24, 2.45) is 0 Å². The summed E-state index contributed by atoms with van der Waals surface area (Å²) in [6.07, 6.45) is 6.03. The van der Waals surface area contributed by atoms with Crippen molar-refractivity contribution in [2.75, 3.05) is 32.6 Å². The first kappa shape index (κ1) is 23.1. The lowest BCUT2D eigenvalue weighted by atomic mass is 10.1. The van der Waals surface area contributed by atoms with Crippen molar-refractivity contribution in [3.05, 3.63) is 39.1 Å².